The molecule has 0 bridgehead atoms. The fourth-order valence-electron chi connectivity index (χ4n) is 4.32. The molecule has 0 spiro atoms. The van der Waals surface area contributed by atoms with Gasteiger partial charge >= 0.3 is 0 Å². The van der Waals surface area contributed by atoms with E-state index in [1.807, 2.05) is 53.7 Å². The van der Waals surface area contributed by atoms with Crippen molar-refractivity contribution >= 4 is 5.78 Å². The van der Waals surface area contributed by atoms with Crippen LogP contribution in [0.5, 0.6) is 28.7 Å². The summed E-state index contributed by atoms with van der Waals surface area (Å²) in [6.07, 6.45) is 11.9. The van der Waals surface area contributed by atoms with Gasteiger partial charge in [-0.1, -0.05) is 46.6 Å². The minimum atomic E-state index is -0.757. The third-order valence-corrected chi connectivity index (χ3v) is 6.52. The highest BCUT2D eigenvalue weighted by molar-refractivity contribution is 6.15. The predicted octanol–water partition coefficient (Wildman–Crippen LogP) is 7.92. The number of rotatable bonds is 12. The summed E-state index contributed by atoms with van der Waals surface area (Å²) in [5.41, 5.74) is 4.80. The summed E-state index contributed by atoms with van der Waals surface area (Å²) >= 11 is 0. The van der Waals surface area contributed by atoms with Gasteiger partial charge in [0.1, 0.15) is 34.3 Å². The van der Waals surface area contributed by atoms with Gasteiger partial charge in [0.2, 0.25) is 5.78 Å². The first-order valence-corrected chi connectivity index (χ1v) is 13.3. The van der Waals surface area contributed by atoms with E-state index < -0.39 is 28.6 Å². The van der Waals surface area contributed by atoms with Gasteiger partial charge in [-0.2, -0.15) is 0 Å². The zero-order valence-electron chi connectivity index (χ0n) is 23.9. The number of carbonyl (C=O) groups is 1. The minimum Gasteiger partial charge on any atom is -0.508 e. The van der Waals surface area contributed by atoms with Crippen molar-refractivity contribution in [3.63, 3.8) is 0 Å². The van der Waals surface area contributed by atoms with Crippen molar-refractivity contribution in [2.24, 2.45) is 0 Å². The van der Waals surface area contributed by atoms with Crippen molar-refractivity contribution in [3.8, 4) is 28.7 Å². The van der Waals surface area contributed by atoms with E-state index in [1.54, 1.807) is 0 Å². The first-order chi connectivity index (χ1) is 18.3. The van der Waals surface area contributed by atoms with Crippen molar-refractivity contribution in [3.05, 3.63) is 87.0 Å². The molecular weight excluding hydrogens is 492 g/mol. The second kappa shape index (κ2) is 14.3. The van der Waals surface area contributed by atoms with Gasteiger partial charge in [0, 0.05) is 34.9 Å². The van der Waals surface area contributed by atoms with E-state index in [0.29, 0.717) is 0 Å². The number of phenols is 5. The van der Waals surface area contributed by atoms with Crippen molar-refractivity contribution in [2.45, 2.75) is 80.1 Å². The van der Waals surface area contributed by atoms with Gasteiger partial charge in [-0.15, -0.1) is 0 Å². The molecule has 0 aliphatic carbocycles. The van der Waals surface area contributed by atoms with Crippen molar-refractivity contribution in [1.82, 2.24) is 0 Å². The zero-order chi connectivity index (χ0) is 29.3. The number of hydrogen-bond acceptors (Lipinski definition) is 6. The van der Waals surface area contributed by atoms with E-state index in [9.17, 15) is 30.3 Å². The molecule has 0 heterocycles. The molecule has 0 saturated carbocycles. The Hall–Kier alpha value is -3.93. The summed E-state index contributed by atoms with van der Waals surface area (Å²) in [7, 11) is 0. The van der Waals surface area contributed by atoms with Gasteiger partial charge in [-0.25, -0.2) is 0 Å². The molecule has 210 valence electrons. The normalized spacial score (nSPS) is 11.8. The molecule has 0 unspecified atom stereocenters. The quantitative estimate of drug-likeness (QED) is 0.139. The molecule has 0 atom stereocenters. The molecule has 6 heteroatoms. The lowest BCUT2D eigenvalue weighted by atomic mass is 9.87. The van der Waals surface area contributed by atoms with Crippen LogP contribution in [-0.2, 0) is 12.8 Å². The second-order valence-electron chi connectivity index (χ2n) is 10.6. The van der Waals surface area contributed by atoms with E-state index in [2.05, 4.69) is 12.2 Å². The number of aromatic hydroxyl groups is 5. The average Bonchev–Trinajstić information content (AvgIpc) is 2.81. The van der Waals surface area contributed by atoms with Crippen LogP contribution in [0, 0.1) is 0 Å². The van der Waals surface area contributed by atoms with Crippen LogP contribution >= 0.6 is 0 Å². The molecule has 39 heavy (non-hydrogen) atoms. The summed E-state index contributed by atoms with van der Waals surface area (Å²) in [5, 5.41) is 52.3. The fourth-order valence-corrected chi connectivity index (χ4v) is 4.32. The van der Waals surface area contributed by atoms with E-state index in [4.69, 9.17) is 0 Å². The van der Waals surface area contributed by atoms with Crippen LogP contribution in [0.25, 0.3) is 0 Å². The predicted molar refractivity (Wildman–Crippen MR) is 157 cm³/mol. The molecule has 0 amide bonds. The van der Waals surface area contributed by atoms with Crippen LogP contribution in [0.2, 0.25) is 0 Å². The number of benzene rings is 2. The Kier molecular flexibility index (Phi) is 11.5. The highest BCUT2D eigenvalue weighted by atomic mass is 16.3. The summed E-state index contributed by atoms with van der Waals surface area (Å²) in [6.45, 7) is 12.1. The van der Waals surface area contributed by atoms with Crippen LogP contribution in [0.15, 0.2) is 64.8 Å². The highest BCUT2D eigenvalue weighted by Gasteiger charge is 2.27. The molecule has 6 nitrogen and oxygen atoms in total. The third kappa shape index (κ3) is 9.10. The SMILES string of the molecule is CC(C)=CCCC(C)=CCc1c(O)cc(O)c(CC=C(C)CCC=C(C)C)c1C(=O)c1c(O)cc(O)cc1O. The van der Waals surface area contributed by atoms with E-state index in [-0.39, 0.29) is 41.0 Å². The van der Waals surface area contributed by atoms with Crippen molar-refractivity contribution in [1.29, 1.82) is 0 Å². The Balaban J connectivity index is 2.62. The third-order valence-electron chi connectivity index (χ3n) is 6.52. The van der Waals surface area contributed by atoms with E-state index in [1.165, 1.54) is 17.2 Å². The number of phenolic OH excluding ortho intramolecular Hbond substituents is 5. The molecule has 0 aromatic heterocycles. The van der Waals surface area contributed by atoms with Gasteiger partial charge in [0.15, 0.2) is 0 Å². The zero-order valence-corrected chi connectivity index (χ0v) is 23.9. The molecule has 0 fully saturated rings. The van der Waals surface area contributed by atoms with Crippen LogP contribution in [0.3, 0.4) is 0 Å². The van der Waals surface area contributed by atoms with Gasteiger partial charge in [-0.3, -0.25) is 4.79 Å². The topological polar surface area (TPSA) is 118 Å². The Morgan fingerprint density at radius 3 is 1.38 bits per heavy atom. The molecule has 0 radical (unpaired) electrons. The van der Waals surface area contributed by atoms with Gasteiger partial charge < -0.3 is 25.5 Å². The summed E-state index contributed by atoms with van der Waals surface area (Å²) in [6, 6.07) is 3.17. The lowest BCUT2D eigenvalue weighted by Crippen LogP contribution is -2.11. The Labute approximate surface area is 232 Å². The van der Waals surface area contributed by atoms with Crippen LogP contribution in [-0.4, -0.2) is 31.3 Å². The first kappa shape index (κ1) is 31.3. The maximum atomic E-state index is 13.8. The van der Waals surface area contributed by atoms with Crippen molar-refractivity contribution < 1.29 is 30.3 Å². The number of carbonyl (C=O) groups excluding carboxylic acids is 1. The van der Waals surface area contributed by atoms with E-state index in [0.717, 1.165) is 49.0 Å². The second-order valence-corrected chi connectivity index (χ2v) is 10.6. The first-order valence-electron chi connectivity index (χ1n) is 13.3. The smallest absolute Gasteiger partial charge is 0.201 e. The summed E-state index contributed by atoms with van der Waals surface area (Å²) < 4.78 is 0. The molecule has 5 N–H and O–H groups in total. The average molecular weight is 535 g/mol. The molecule has 2 rings (SSSR count). The molecular formula is C33H42O6. The van der Waals surface area contributed by atoms with Crippen LogP contribution < -0.4 is 0 Å². The molecule has 2 aromatic carbocycles. The number of ketones is 1. The standard InChI is InChI=1S/C33H42O6/c1-20(2)9-7-11-22(5)13-15-25-27(35)19-28(36)26(16-14-23(6)12-8-10-21(3)4)31(25)33(39)32-29(37)17-24(34)18-30(32)38/h9-10,13-14,17-19,34-38H,7-8,11-12,15-16H2,1-6H3. The molecule has 0 aliphatic heterocycles. The van der Waals surface area contributed by atoms with Gasteiger partial charge in [0.25, 0.3) is 0 Å². The summed E-state index contributed by atoms with van der Waals surface area (Å²) in [4.78, 5) is 13.8. The number of allylic oxidation sites excluding steroid dienone is 8. The Bertz CT molecular complexity index is 1230. The van der Waals surface area contributed by atoms with Gasteiger partial charge in [-0.05, 0) is 80.1 Å². The number of hydrogen-bond donors (Lipinski definition) is 5. The van der Waals surface area contributed by atoms with Gasteiger partial charge in [0.05, 0.1) is 0 Å². The lowest BCUT2D eigenvalue weighted by Gasteiger charge is -2.18. The lowest BCUT2D eigenvalue weighted by molar-refractivity contribution is 0.103. The summed E-state index contributed by atoms with van der Waals surface area (Å²) in [5.74, 6) is -2.86. The van der Waals surface area contributed by atoms with Crippen LogP contribution in [0.1, 0.15) is 94.3 Å². The molecule has 0 saturated heterocycles. The maximum Gasteiger partial charge on any atom is 0.201 e. The maximum absolute atomic E-state index is 13.8. The fraction of sp³-hybridized carbons (Fsp3) is 0.364. The molecule has 0 aliphatic rings. The van der Waals surface area contributed by atoms with Crippen molar-refractivity contribution in [2.75, 3.05) is 0 Å². The van der Waals surface area contributed by atoms with E-state index >= 15 is 0 Å². The monoisotopic (exact) mass is 534 g/mol. The Morgan fingerprint density at radius 2 is 1.00 bits per heavy atom. The largest absolute Gasteiger partial charge is 0.508 e. The van der Waals surface area contributed by atoms with Crippen LogP contribution in [0.4, 0.5) is 0 Å². The Morgan fingerprint density at radius 1 is 0.590 bits per heavy atom. The highest BCUT2D eigenvalue weighted by Crippen LogP contribution is 2.40. The molecule has 2 aromatic rings. The minimum absolute atomic E-state index is 0.0190.